The van der Waals surface area contributed by atoms with Gasteiger partial charge in [-0.25, -0.2) is 4.98 Å². The number of piperidine rings is 1. The first-order chi connectivity index (χ1) is 13.5. The molecular weight excluding hydrogens is 358 g/mol. The summed E-state index contributed by atoms with van der Waals surface area (Å²) in [6.07, 6.45) is 5.78. The number of nitrogens with one attached hydrogen (secondary N) is 2. The number of carbonyl (C=O) groups is 2. The Bertz CT molecular complexity index is 834. The molecule has 9 nitrogen and oxygen atoms in total. The third-order valence-corrected chi connectivity index (χ3v) is 5.75. The minimum atomic E-state index is -0.129. The highest BCUT2D eigenvalue weighted by atomic mass is 16.2. The molecule has 1 saturated heterocycles. The summed E-state index contributed by atoms with van der Waals surface area (Å²) in [7, 11) is 3.82. The largest absolute Gasteiger partial charge is 0.363 e. The molecule has 1 saturated carbocycles. The van der Waals surface area contributed by atoms with Crippen molar-refractivity contribution in [2.24, 2.45) is 11.8 Å². The molecule has 2 aromatic rings. The zero-order valence-electron chi connectivity index (χ0n) is 16.1. The summed E-state index contributed by atoms with van der Waals surface area (Å²) in [5, 5.41) is 13.3. The molecule has 2 bridgehead atoms. The third-order valence-electron chi connectivity index (χ3n) is 5.75. The number of rotatable bonds is 6. The van der Waals surface area contributed by atoms with E-state index in [-0.39, 0.29) is 29.7 Å². The number of aromatic amines is 1. The molecule has 0 spiro atoms. The van der Waals surface area contributed by atoms with E-state index in [1.54, 1.807) is 12.4 Å². The van der Waals surface area contributed by atoms with Crippen LogP contribution in [0.1, 0.15) is 28.9 Å². The Labute approximate surface area is 163 Å². The Morgan fingerprint density at radius 2 is 2.14 bits per heavy atom. The molecule has 28 heavy (non-hydrogen) atoms. The molecule has 3 heterocycles. The van der Waals surface area contributed by atoms with Gasteiger partial charge in [-0.2, -0.15) is 15.4 Å². The molecule has 2 fully saturated rings. The van der Waals surface area contributed by atoms with E-state index in [4.69, 9.17) is 0 Å². The predicted octanol–water partition coefficient (Wildman–Crippen LogP) is 0.475. The van der Waals surface area contributed by atoms with E-state index >= 15 is 0 Å². The predicted molar refractivity (Wildman–Crippen MR) is 103 cm³/mol. The SMILES string of the molecule is CN(C)c1ccc(C(=O)N2C[C@@H]3CC[C@H]2[C@@H]3C(=O)NCCc2cn[nH]n2)cn1. The monoisotopic (exact) mass is 383 g/mol. The second-order valence-electron chi connectivity index (χ2n) is 7.69. The van der Waals surface area contributed by atoms with Gasteiger partial charge in [0, 0.05) is 45.8 Å². The van der Waals surface area contributed by atoms with Crippen molar-refractivity contribution in [3.05, 3.63) is 35.8 Å². The van der Waals surface area contributed by atoms with Crippen LogP contribution in [0.5, 0.6) is 0 Å². The number of carbonyl (C=O) groups excluding carboxylic acids is 2. The minimum absolute atomic E-state index is 0.0296. The molecule has 0 unspecified atom stereocenters. The highest BCUT2D eigenvalue weighted by Gasteiger charge is 2.51. The Morgan fingerprint density at radius 1 is 1.29 bits per heavy atom. The Balaban J connectivity index is 1.38. The number of hydrogen-bond acceptors (Lipinski definition) is 6. The van der Waals surface area contributed by atoms with Crippen LogP contribution < -0.4 is 10.2 Å². The number of H-pyrrole nitrogens is 1. The quantitative estimate of drug-likeness (QED) is 0.751. The van der Waals surface area contributed by atoms with E-state index in [2.05, 4.69) is 25.7 Å². The number of pyridine rings is 1. The van der Waals surface area contributed by atoms with Gasteiger partial charge in [0.2, 0.25) is 5.91 Å². The number of amides is 2. The van der Waals surface area contributed by atoms with Gasteiger partial charge in [-0.15, -0.1) is 0 Å². The second-order valence-corrected chi connectivity index (χ2v) is 7.69. The summed E-state index contributed by atoms with van der Waals surface area (Å²) >= 11 is 0. The van der Waals surface area contributed by atoms with Crippen LogP contribution in [-0.2, 0) is 11.2 Å². The highest BCUT2D eigenvalue weighted by molar-refractivity contribution is 5.95. The lowest BCUT2D eigenvalue weighted by Crippen LogP contribution is -2.42. The van der Waals surface area contributed by atoms with Gasteiger partial charge in [-0.3, -0.25) is 9.59 Å². The van der Waals surface area contributed by atoms with E-state index in [0.29, 0.717) is 25.1 Å². The summed E-state index contributed by atoms with van der Waals surface area (Å²) < 4.78 is 0. The van der Waals surface area contributed by atoms with Gasteiger partial charge in [0.1, 0.15) is 5.82 Å². The van der Waals surface area contributed by atoms with Crippen LogP contribution in [0.4, 0.5) is 5.82 Å². The highest BCUT2D eigenvalue weighted by Crippen LogP contribution is 2.43. The number of likely N-dealkylation sites (tertiary alicyclic amines) is 1. The Morgan fingerprint density at radius 3 is 2.82 bits per heavy atom. The fourth-order valence-corrected chi connectivity index (χ4v) is 4.34. The van der Waals surface area contributed by atoms with Crippen LogP contribution in [0.15, 0.2) is 24.5 Å². The second kappa shape index (κ2) is 7.57. The van der Waals surface area contributed by atoms with Crippen LogP contribution in [0.3, 0.4) is 0 Å². The first-order valence-corrected chi connectivity index (χ1v) is 9.61. The zero-order valence-corrected chi connectivity index (χ0v) is 16.1. The standard InChI is InChI=1S/C19H25N7O2/c1-25(2)16-6-4-12(9-21-16)19(28)26-11-13-3-5-15(26)17(13)18(27)20-8-7-14-10-22-24-23-14/h4,6,9-10,13,15,17H,3,5,7-8,11H2,1-2H3,(H,20,27)(H,22,23,24)/t13-,15-,17+/m0/s1. The summed E-state index contributed by atoms with van der Waals surface area (Å²) in [4.78, 5) is 33.8. The van der Waals surface area contributed by atoms with Gasteiger partial charge in [-0.1, -0.05) is 0 Å². The normalized spacial score (nSPS) is 23.1. The van der Waals surface area contributed by atoms with Crippen molar-refractivity contribution < 1.29 is 9.59 Å². The van der Waals surface area contributed by atoms with Crippen molar-refractivity contribution >= 4 is 17.6 Å². The Kier molecular flexibility index (Phi) is 4.97. The van der Waals surface area contributed by atoms with Crippen LogP contribution in [-0.4, -0.2) is 70.3 Å². The summed E-state index contributed by atoms with van der Waals surface area (Å²) in [5.41, 5.74) is 1.39. The van der Waals surface area contributed by atoms with Crippen LogP contribution in [0.2, 0.25) is 0 Å². The van der Waals surface area contributed by atoms with Crippen LogP contribution in [0, 0.1) is 11.8 Å². The molecule has 1 aliphatic carbocycles. The molecule has 4 rings (SSSR count). The maximum Gasteiger partial charge on any atom is 0.255 e. The fourth-order valence-electron chi connectivity index (χ4n) is 4.34. The van der Waals surface area contributed by atoms with Gasteiger partial charge >= 0.3 is 0 Å². The zero-order chi connectivity index (χ0) is 19.7. The summed E-state index contributed by atoms with van der Waals surface area (Å²) in [5.74, 6) is 0.909. The lowest BCUT2D eigenvalue weighted by molar-refractivity contribution is -0.125. The molecular formula is C19H25N7O2. The van der Waals surface area contributed by atoms with Crippen molar-refractivity contribution in [3.63, 3.8) is 0 Å². The maximum absolute atomic E-state index is 13.0. The van der Waals surface area contributed by atoms with Gasteiger partial charge in [0.15, 0.2) is 0 Å². The van der Waals surface area contributed by atoms with Crippen LogP contribution >= 0.6 is 0 Å². The van der Waals surface area contributed by atoms with Crippen molar-refractivity contribution in [2.75, 3.05) is 32.1 Å². The van der Waals surface area contributed by atoms with E-state index in [9.17, 15) is 9.59 Å². The van der Waals surface area contributed by atoms with Gasteiger partial charge in [-0.05, 0) is 30.9 Å². The lowest BCUT2D eigenvalue weighted by atomic mass is 9.97. The van der Waals surface area contributed by atoms with Gasteiger partial charge in [0.25, 0.3) is 5.91 Å². The van der Waals surface area contributed by atoms with Crippen molar-refractivity contribution in [2.45, 2.75) is 25.3 Å². The van der Waals surface area contributed by atoms with Gasteiger partial charge in [0.05, 0.1) is 23.4 Å². The van der Waals surface area contributed by atoms with Crippen molar-refractivity contribution in [1.82, 2.24) is 30.6 Å². The Hall–Kier alpha value is -2.97. The molecule has 3 atom stereocenters. The van der Waals surface area contributed by atoms with E-state index in [1.165, 1.54) is 0 Å². The number of fused-ring (bicyclic) bond motifs is 2. The summed E-state index contributed by atoms with van der Waals surface area (Å²) in [6.45, 7) is 1.16. The third kappa shape index (κ3) is 3.44. The smallest absolute Gasteiger partial charge is 0.255 e. The molecule has 2 N–H and O–H groups in total. The molecule has 1 aliphatic heterocycles. The summed E-state index contributed by atoms with van der Waals surface area (Å²) in [6, 6.07) is 3.62. The maximum atomic E-state index is 13.0. The lowest BCUT2D eigenvalue weighted by Gasteiger charge is -2.27. The van der Waals surface area contributed by atoms with Gasteiger partial charge < -0.3 is 15.1 Å². The topological polar surface area (TPSA) is 107 Å². The first kappa shape index (κ1) is 18.4. The fraction of sp³-hybridized carbons (Fsp3) is 0.526. The van der Waals surface area contributed by atoms with E-state index in [0.717, 1.165) is 24.4 Å². The first-order valence-electron chi connectivity index (χ1n) is 9.61. The number of nitrogens with zero attached hydrogens (tertiary/aromatic N) is 5. The average Bonchev–Trinajstić information content (AvgIpc) is 3.43. The number of anilines is 1. The minimum Gasteiger partial charge on any atom is -0.363 e. The molecule has 148 valence electrons. The van der Waals surface area contributed by atoms with E-state index < -0.39 is 0 Å². The number of aromatic nitrogens is 4. The van der Waals surface area contributed by atoms with Crippen molar-refractivity contribution in [3.8, 4) is 0 Å². The molecule has 2 amide bonds. The average molecular weight is 383 g/mol. The molecule has 9 heteroatoms. The van der Waals surface area contributed by atoms with E-state index in [1.807, 2.05) is 36.0 Å². The number of hydrogen-bond donors (Lipinski definition) is 2. The molecule has 2 aliphatic rings. The van der Waals surface area contributed by atoms with Crippen LogP contribution in [0.25, 0.3) is 0 Å². The molecule has 2 aromatic heterocycles. The molecule has 0 radical (unpaired) electrons. The molecule has 0 aromatic carbocycles. The van der Waals surface area contributed by atoms with Crippen molar-refractivity contribution in [1.29, 1.82) is 0 Å².